The molecule has 1 aliphatic heterocycles. The second-order valence-corrected chi connectivity index (χ2v) is 6.61. The van der Waals surface area contributed by atoms with E-state index in [0.29, 0.717) is 29.7 Å². The number of alkyl halides is 3. The summed E-state index contributed by atoms with van der Waals surface area (Å²) in [5.41, 5.74) is 0.104. The van der Waals surface area contributed by atoms with E-state index in [1.807, 2.05) is 0 Å². The van der Waals surface area contributed by atoms with Gasteiger partial charge in [0.25, 0.3) is 5.91 Å². The molecule has 0 saturated carbocycles. The van der Waals surface area contributed by atoms with E-state index in [9.17, 15) is 22.4 Å². The van der Waals surface area contributed by atoms with Crippen molar-refractivity contribution >= 4 is 17.0 Å². The van der Waals surface area contributed by atoms with E-state index in [2.05, 4.69) is 19.9 Å². The Morgan fingerprint density at radius 1 is 1.27 bits per heavy atom. The summed E-state index contributed by atoms with van der Waals surface area (Å²) >= 11 is 0. The van der Waals surface area contributed by atoms with Gasteiger partial charge in [-0.25, -0.2) is 19.3 Å². The van der Waals surface area contributed by atoms with Gasteiger partial charge in [0.05, 0.1) is 12.0 Å². The molecule has 30 heavy (non-hydrogen) atoms. The van der Waals surface area contributed by atoms with Crippen molar-refractivity contribution in [2.75, 3.05) is 6.54 Å². The largest absolute Gasteiger partial charge is 0.438 e. The van der Waals surface area contributed by atoms with Crippen LogP contribution < -0.4 is 0 Å². The molecule has 1 amide bonds. The molecule has 4 heterocycles. The van der Waals surface area contributed by atoms with Crippen molar-refractivity contribution < 1.29 is 31.2 Å². The normalized spacial score (nSPS) is 16.8. The van der Waals surface area contributed by atoms with Gasteiger partial charge in [-0.1, -0.05) is 0 Å². The molecule has 8 nitrogen and oxygen atoms in total. The second kappa shape index (κ2) is 6.40. The van der Waals surface area contributed by atoms with Crippen LogP contribution in [0, 0.1) is 5.82 Å². The van der Waals surface area contributed by atoms with E-state index >= 15 is 0 Å². The Hall–Kier alpha value is -3.70. The number of benzene rings is 1. The Balaban J connectivity index is 1.62. The maximum absolute atomic E-state index is 13.5. The number of halogens is 4. The highest BCUT2D eigenvalue weighted by Gasteiger charge is 2.44. The second-order valence-electron chi connectivity index (χ2n) is 6.61. The zero-order chi connectivity index (χ0) is 21.0. The third-order valence-electron chi connectivity index (χ3n) is 4.82. The molecule has 12 heteroatoms. The molecule has 0 aliphatic carbocycles. The Kier molecular flexibility index (Phi) is 3.91. The zero-order valence-corrected chi connectivity index (χ0v) is 14.9. The summed E-state index contributed by atoms with van der Waals surface area (Å²) in [5.74, 6) is -2.52. The molecule has 1 aliphatic rings. The number of nitrogens with one attached hydrogen (secondary N) is 1. The van der Waals surface area contributed by atoms with Crippen molar-refractivity contribution in [1.82, 2.24) is 24.8 Å². The SMILES string of the molecule is O=C(c1ocnc1C(F)(F)F)N1CCc2[nH]cnc2[C@H]1c1nc2ccc(F)cc2o1. The Morgan fingerprint density at radius 2 is 2.10 bits per heavy atom. The molecule has 1 N–H and O–H groups in total. The van der Waals surface area contributed by atoms with Crippen LogP contribution in [0.2, 0.25) is 0 Å². The summed E-state index contributed by atoms with van der Waals surface area (Å²) in [6.45, 7) is 0.0454. The van der Waals surface area contributed by atoms with Crippen LogP contribution in [0.5, 0.6) is 0 Å². The van der Waals surface area contributed by atoms with Gasteiger partial charge in [-0.3, -0.25) is 4.79 Å². The lowest BCUT2D eigenvalue weighted by atomic mass is 10.0. The van der Waals surface area contributed by atoms with Crippen molar-refractivity contribution in [3.05, 3.63) is 65.5 Å². The molecule has 0 fully saturated rings. The number of fused-ring (bicyclic) bond motifs is 2. The number of H-pyrrole nitrogens is 1. The van der Waals surface area contributed by atoms with Gasteiger partial charge >= 0.3 is 6.18 Å². The molecule has 4 aromatic rings. The van der Waals surface area contributed by atoms with Crippen molar-refractivity contribution in [2.24, 2.45) is 0 Å². The molecule has 3 aromatic heterocycles. The van der Waals surface area contributed by atoms with Gasteiger partial charge in [0.1, 0.15) is 11.3 Å². The van der Waals surface area contributed by atoms with Gasteiger partial charge in [0.2, 0.25) is 11.7 Å². The maximum Gasteiger partial charge on any atom is 0.437 e. The van der Waals surface area contributed by atoms with Crippen LogP contribution in [0.25, 0.3) is 11.1 Å². The van der Waals surface area contributed by atoms with Crippen molar-refractivity contribution in [2.45, 2.75) is 18.6 Å². The van der Waals surface area contributed by atoms with Crippen LogP contribution in [0.3, 0.4) is 0 Å². The third-order valence-corrected chi connectivity index (χ3v) is 4.82. The quantitative estimate of drug-likeness (QED) is 0.498. The number of imidazole rings is 1. The average molecular weight is 421 g/mol. The van der Waals surface area contributed by atoms with Gasteiger partial charge < -0.3 is 18.7 Å². The summed E-state index contributed by atoms with van der Waals surface area (Å²) in [6, 6.07) is 2.69. The van der Waals surface area contributed by atoms with Gasteiger partial charge in [-0.05, 0) is 12.1 Å². The first-order valence-electron chi connectivity index (χ1n) is 8.72. The van der Waals surface area contributed by atoms with Crippen molar-refractivity contribution in [3.8, 4) is 0 Å². The molecule has 0 radical (unpaired) electrons. The highest BCUT2D eigenvalue weighted by Crippen LogP contribution is 2.37. The van der Waals surface area contributed by atoms with Crippen LogP contribution >= 0.6 is 0 Å². The van der Waals surface area contributed by atoms with Crippen LogP contribution in [-0.2, 0) is 12.6 Å². The number of hydrogen-bond acceptors (Lipinski definition) is 6. The molecule has 0 saturated heterocycles. The smallest absolute Gasteiger partial charge is 0.437 e. The number of rotatable bonds is 2. The molecule has 0 spiro atoms. The summed E-state index contributed by atoms with van der Waals surface area (Å²) in [4.78, 5) is 28.7. The summed E-state index contributed by atoms with van der Waals surface area (Å²) < 4.78 is 63.6. The minimum absolute atomic E-state index is 0.00919. The number of hydrogen-bond donors (Lipinski definition) is 1. The van der Waals surface area contributed by atoms with Crippen molar-refractivity contribution in [1.29, 1.82) is 0 Å². The molecular formula is C18H11F4N5O3. The number of carbonyl (C=O) groups excluding carboxylic acids is 1. The van der Waals surface area contributed by atoms with E-state index in [0.717, 1.165) is 11.0 Å². The van der Waals surface area contributed by atoms with Crippen LogP contribution in [0.1, 0.15) is 39.6 Å². The predicted molar refractivity (Wildman–Crippen MR) is 90.6 cm³/mol. The summed E-state index contributed by atoms with van der Waals surface area (Å²) in [6.07, 6.45) is -2.57. The number of amides is 1. The Labute approximate surface area is 164 Å². The number of aromatic amines is 1. The Morgan fingerprint density at radius 3 is 2.90 bits per heavy atom. The van der Waals surface area contributed by atoms with Gasteiger partial charge in [0.15, 0.2) is 23.7 Å². The predicted octanol–water partition coefficient (Wildman–Crippen LogP) is 3.48. The topological polar surface area (TPSA) is 101 Å². The molecule has 1 atom stereocenters. The van der Waals surface area contributed by atoms with Gasteiger partial charge in [-0.2, -0.15) is 13.2 Å². The molecular weight excluding hydrogens is 410 g/mol. The first-order valence-corrected chi connectivity index (χ1v) is 8.72. The van der Waals surface area contributed by atoms with E-state index < -0.39 is 35.4 Å². The molecule has 154 valence electrons. The number of oxazole rings is 2. The monoisotopic (exact) mass is 421 g/mol. The summed E-state index contributed by atoms with van der Waals surface area (Å²) in [5, 5.41) is 0. The third kappa shape index (κ3) is 2.83. The number of aromatic nitrogens is 4. The number of carbonyl (C=O) groups is 1. The van der Waals surface area contributed by atoms with E-state index in [1.165, 1.54) is 18.5 Å². The first kappa shape index (κ1) is 18.3. The Bertz CT molecular complexity index is 1260. The van der Waals surface area contributed by atoms with Crippen LogP contribution in [0.4, 0.5) is 17.6 Å². The van der Waals surface area contributed by atoms with E-state index in [4.69, 9.17) is 8.83 Å². The van der Waals surface area contributed by atoms with E-state index in [1.54, 1.807) is 0 Å². The lowest BCUT2D eigenvalue weighted by molar-refractivity contribution is -0.141. The zero-order valence-electron chi connectivity index (χ0n) is 14.9. The maximum atomic E-state index is 13.5. The molecule has 0 bridgehead atoms. The van der Waals surface area contributed by atoms with Crippen LogP contribution in [0.15, 0.2) is 39.8 Å². The molecule has 5 rings (SSSR count). The molecule has 1 aromatic carbocycles. The lowest BCUT2D eigenvalue weighted by Crippen LogP contribution is -2.41. The highest BCUT2D eigenvalue weighted by molar-refractivity contribution is 5.93. The average Bonchev–Trinajstić information content (AvgIpc) is 3.43. The molecule has 0 unspecified atom stereocenters. The van der Waals surface area contributed by atoms with Gasteiger partial charge in [-0.15, -0.1) is 0 Å². The van der Waals surface area contributed by atoms with Crippen LogP contribution in [-0.4, -0.2) is 37.3 Å². The minimum Gasteiger partial charge on any atom is -0.438 e. The van der Waals surface area contributed by atoms with E-state index in [-0.39, 0.29) is 18.0 Å². The lowest BCUT2D eigenvalue weighted by Gasteiger charge is -2.32. The van der Waals surface area contributed by atoms with Crippen molar-refractivity contribution in [3.63, 3.8) is 0 Å². The number of nitrogens with zero attached hydrogens (tertiary/aromatic N) is 4. The fourth-order valence-corrected chi connectivity index (χ4v) is 3.51. The van der Waals surface area contributed by atoms with Gasteiger partial charge in [0, 0.05) is 24.7 Å². The summed E-state index contributed by atoms with van der Waals surface area (Å²) in [7, 11) is 0. The first-order chi connectivity index (χ1) is 14.3. The highest BCUT2D eigenvalue weighted by atomic mass is 19.4. The standard InChI is InChI=1S/C18H11F4N5O3/c19-8-1-2-9-11(5-8)30-16(26-9)13-12-10(23-6-24-12)3-4-27(13)17(28)14-15(18(20,21)22)25-7-29-14/h1-2,5-7,13H,3-4H2,(H,23,24)/t13-/m0/s1. The minimum atomic E-state index is -4.87. The fraction of sp³-hybridized carbons (Fsp3) is 0.222. The fourth-order valence-electron chi connectivity index (χ4n) is 3.51.